The number of aromatic hydroxyl groups is 2. The second-order valence-electron chi connectivity index (χ2n) is 6.19. The predicted octanol–water partition coefficient (Wildman–Crippen LogP) is 4.09. The normalized spacial score (nSPS) is 10.7. The van der Waals surface area contributed by atoms with Crippen molar-refractivity contribution in [1.29, 1.82) is 0 Å². The summed E-state index contributed by atoms with van der Waals surface area (Å²) in [6.45, 7) is 0. The standard InChI is InChI=1S/C24H18O2Te/c25-23-13-11-19(15-21(23)17-7-3-1-4-8-17)27-20-12-14-24(26)22(16-20)18-9-5-2-6-10-18/h1-16,25-26H. The number of hydrogen-bond acceptors (Lipinski definition) is 2. The molecule has 0 aliphatic carbocycles. The van der Waals surface area contributed by atoms with Gasteiger partial charge >= 0.3 is 169 Å². The van der Waals surface area contributed by atoms with E-state index in [0.717, 1.165) is 22.3 Å². The summed E-state index contributed by atoms with van der Waals surface area (Å²) in [5.74, 6) is 0.598. The van der Waals surface area contributed by atoms with Gasteiger partial charge in [0, 0.05) is 0 Å². The zero-order chi connectivity index (χ0) is 18.6. The molecule has 4 aromatic carbocycles. The van der Waals surface area contributed by atoms with Gasteiger partial charge in [0.1, 0.15) is 0 Å². The molecule has 0 radical (unpaired) electrons. The van der Waals surface area contributed by atoms with E-state index in [-0.39, 0.29) is 0 Å². The topological polar surface area (TPSA) is 40.5 Å². The van der Waals surface area contributed by atoms with Crippen LogP contribution in [-0.4, -0.2) is 31.1 Å². The van der Waals surface area contributed by atoms with Gasteiger partial charge in [0.25, 0.3) is 0 Å². The van der Waals surface area contributed by atoms with Crippen LogP contribution in [-0.2, 0) is 0 Å². The van der Waals surface area contributed by atoms with Crippen molar-refractivity contribution in [2.24, 2.45) is 0 Å². The van der Waals surface area contributed by atoms with Crippen LogP contribution in [0.3, 0.4) is 0 Å². The Morgan fingerprint density at radius 1 is 0.481 bits per heavy atom. The second kappa shape index (κ2) is 7.88. The molecule has 0 atom stereocenters. The van der Waals surface area contributed by atoms with E-state index in [4.69, 9.17) is 0 Å². The zero-order valence-corrected chi connectivity index (χ0v) is 16.9. The quantitative estimate of drug-likeness (QED) is 0.446. The molecule has 2 nitrogen and oxygen atoms in total. The Morgan fingerprint density at radius 3 is 1.30 bits per heavy atom. The summed E-state index contributed by atoms with van der Waals surface area (Å²) in [6.07, 6.45) is 0. The number of phenolic OH excluding ortho intramolecular Hbond substituents is 2. The first-order valence-electron chi connectivity index (χ1n) is 8.65. The van der Waals surface area contributed by atoms with Gasteiger partial charge in [0.15, 0.2) is 0 Å². The van der Waals surface area contributed by atoms with Gasteiger partial charge < -0.3 is 0 Å². The molecule has 0 spiro atoms. The molecule has 132 valence electrons. The summed E-state index contributed by atoms with van der Waals surface area (Å²) in [4.78, 5) is 0. The van der Waals surface area contributed by atoms with Gasteiger partial charge in [-0.1, -0.05) is 0 Å². The summed E-state index contributed by atoms with van der Waals surface area (Å²) >= 11 is -0.647. The molecule has 0 fully saturated rings. The van der Waals surface area contributed by atoms with E-state index in [1.807, 2.05) is 72.8 Å². The number of hydrogen-bond donors (Lipinski definition) is 2. The summed E-state index contributed by atoms with van der Waals surface area (Å²) in [7, 11) is 0. The summed E-state index contributed by atoms with van der Waals surface area (Å²) in [5, 5.41) is 20.5. The fraction of sp³-hybridized carbons (Fsp3) is 0. The molecule has 0 bridgehead atoms. The molecular formula is C24H18O2Te. The van der Waals surface area contributed by atoms with Gasteiger partial charge in [-0.15, -0.1) is 0 Å². The molecule has 0 saturated carbocycles. The van der Waals surface area contributed by atoms with Crippen molar-refractivity contribution in [1.82, 2.24) is 0 Å². The van der Waals surface area contributed by atoms with Gasteiger partial charge in [-0.25, -0.2) is 0 Å². The Balaban J connectivity index is 1.67. The molecule has 2 N–H and O–H groups in total. The first-order valence-corrected chi connectivity index (χ1v) is 11.0. The minimum absolute atomic E-state index is 0.299. The monoisotopic (exact) mass is 468 g/mol. The van der Waals surface area contributed by atoms with Crippen LogP contribution in [0.25, 0.3) is 22.3 Å². The van der Waals surface area contributed by atoms with Crippen LogP contribution in [0.15, 0.2) is 97.1 Å². The van der Waals surface area contributed by atoms with Crippen molar-refractivity contribution in [2.75, 3.05) is 0 Å². The molecule has 3 heteroatoms. The average molecular weight is 466 g/mol. The van der Waals surface area contributed by atoms with Crippen molar-refractivity contribution in [3.05, 3.63) is 97.1 Å². The molecule has 0 heterocycles. The summed E-state index contributed by atoms with van der Waals surface area (Å²) in [5.41, 5.74) is 3.75. The molecule has 0 saturated heterocycles. The fourth-order valence-corrected chi connectivity index (χ4v) is 5.55. The maximum absolute atomic E-state index is 10.3. The Bertz CT molecular complexity index is 973. The van der Waals surface area contributed by atoms with Crippen molar-refractivity contribution in [3.63, 3.8) is 0 Å². The van der Waals surface area contributed by atoms with Crippen LogP contribution in [0, 0.1) is 0 Å². The average Bonchev–Trinajstić information content (AvgIpc) is 2.72. The third kappa shape index (κ3) is 4.00. The van der Waals surface area contributed by atoms with Crippen molar-refractivity contribution < 1.29 is 10.2 Å². The molecule has 0 aliphatic rings. The predicted molar refractivity (Wildman–Crippen MR) is 112 cm³/mol. The van der Waals surface area contributed by atoms with Crippen LogP contribution >= 0.6 is 0 Å². The van der Waals surface area contributed by atoms with E-state index in [1.165, 1.54) is 7.22 Å². The first kappa shape index (κ1) is 17.7. The van der Waals surface area contributed by atoms with Gasteiger partial charge in [-0.2, -0.15) is 0 Å². The Kier molecular flexibility index (Phi) is 5.16. The van der Waals surface area contributed by atoms with E-state index >= 15 is 0 Å². The van der Waals surface area contributed by atoms with E-state index in [2.05, 4.69) is 12.1 Å². The van der Waals surface area contributed by atoms with Gasteiger partial charge in [-0.3, -0.25) is 0 Å². The summed E-state index contributed by atoms with van der Waals surface area (Å²) < 4.78 is 2.48. The molecular weight excluding hydrogens is 448 g/mol. The van der Waals surface area contributed by atoms with E-state index in [9.17, 15) is 10.2 Å². The Labute approximate surface area is 168 Å². The molecule has 4 aromatic rings. The van der Waals surface area contributed by atoms with Gasteiger partial charge in [0.2, 0.25) is 0 Å². The third-order valence-corrected chi connectivity index (χ3v) is 7.14. The number of rotatable bonds is 4. The van der Waals surface area contributed by atoms with Crippen LogP contribution in [0.1, 0.15) is 0 Å². The van der Waals surface area contributed by atoms with Gasteiger partial charge in [0.05, 0.1) is 0 Å². The molecule has 27 heavy (non-hydrogen) atoms. The van der Waals surface area contributed by atoms with E-state index in [0.29, 0.717) is 11.5 Å². The van der Waals surface area contributed by atoms with Crippen LogP contribution in [0.5, 0.6) is 11.5 Å². The van der Waals surface area contributed by atoms with Crippen LogP contribution < -0.4 is 7.22 Å². The van der Waals surface area contributed by atoms with Crippen molar-refractivity contribution in [2.45, 2.75) is 0 Å². The van der Waals surface area contributed by atoms with Crippen molar-refractivity contribution in [3.8, 4) is 33.8 Å². The van der Waals surface area contributed by atoms with Crippen LogP contribution in [0.4, 0.5) is 0 Å². The number of phenols is 2. The second-order valence-corrected chi connectivity index (χ2v) is 9.47. The molecule has 0 amide bonds. The fourth-order valence-electron chi connectivity index (χ4n) is 2.99. The molecule has 0 aromatic heterocycles. The first-order chi connectivity index (χ1) is 13.2. The van der Waals surface area contributed by atoms with E-state index in [1.54, 1.807) is 12.1 Å². The van der Waals surface area contributed by atoms with E-state index < -0.39 is 20.9 Å². The summed E-state index contributed by atoms with van der Waals surface area (Å²) in [6, 6.07) is 31.6. The molecule has 0 aliphatic heterocycles. The number of benzene rings is 4. The maximum atomic E-state index is 10.3. The Hall–Kier alpha value is -2.73. The third-order valence-electron chi connectivity index (χ3n) is 4.34. The SMILES string of the molecule is Oc1ccc([Te]c2ccc(O)c(-c3ccccc3)c2)cc1-c1ccccc1. The molecule has 0 unspecified atom stereocenters. The van der Waals surface area contributed by atoms with Crippen molar-refractivity contribution >= 4 is 28.1 Å². The minimum atomic E-state index is -0.647. The van der Waals surface area contributed by atoms with Crippen LogP contribution in [0.2, 0.25) is 0 Å². The Morgan fingerprint density at radius 2 is 0.889 bits per heavy atom. The van der Waals surface area contributed by atoms with Gasteiger partial charge in [-0.05, 0) is 0 Å². The zero-order valence-electron chi connectivity index (χ0n) is 14.5. The molecule has 4 rings (SSSR count).